The number of esters is 1. The first-order valence-electron chi connectivity index (χ1n) is 4.70. The number of ether oxygens (including phenoxy) is 1. The first-order chi connectivity index (χ1) is 8.82. The molecule has 19 heavy (non-hydrogen) atoms. The second-order valence-corrected chi connectivity index (χ2v) is 4.71. The standard InChI is InChI=1S/C11H6Cl4O4/c1-2-3-19-11(18)5-4(10(16)17)6(12)8(14)9(15)7(5)13/h2H,1,3H2,(H,16,17). The van der Waals surface area contributed by atoms with E-state index in [4.69, 9.17) is 56.2 Å². The normalized spacial score (nSPS) is 10.1. The Balaban J connectivity index is 3.56. The maximum atomic E-state index is 11.8. The molecule has 0 saturated carbocycles. The van der Waals surface area contributed by atoms with Gasteiger partial charge in [0.25, 0.3) is 0 Å². The van der Waals surface area contributed by atoms with Crippen LogP contribution < -0.4 is 0 Å². The summed E-state index contributed by atoms with van der Waals surface area (Å²) in [6, 6.07) is 0. The molecule has 0 unspecified atom stereocenters. The van der Waals surface area contributed by atoms with Gasteiger partial charge in [-0.15, -0.1) is 0 Å². The number of hydrogen-bond donors (Lipinski definition) is 1. The van der Waals surface area contributed by atoms with Gasteiger partial charge in [0.05, 0.1) is 31.2 Å². The number of rotatable bonds is 4. The van der Waals surface area contributed by atoms with Crippen LogP contribution in [0, 0.1) is 0 Å². The number of aromatic carboxylic acids is 1. The molecule has 0 amide bonds. The van der Waals surface area contributed by atoms with Gasteiger partial charge in [-0.25, -0.2) is 9.59 Å². The minimum absolute atomic E-state index is 0.119. The predicted octanol–water partition coefficient (Wildman–Crippen LogP) is 4.34. The van der Waals surface area contributed by atoms with Gasteiger partial charge in [0, 0.05) is 0 Å². The van der Waals surface area contributed by atoms with Crippen molar-refractivity contribution in [3.05, 3.63) is 43.9 Å². The highest BCUT2D eigenvalue weighted by Crippen LogP contribution is 2.41. The van der Waals surface area contributed by atoms with Gasteiger partial charge in [-0.1, -0.05) is 59.1 Å². The van der Waals surface area contributed by atoms with Crippen LogP contribution in [0.5, 0.6) is 0 Å². The summed E-state index contributed by atoms with van der Waals surface area (Å²) in [4.78, 5) is 23.0. The van der Waals surface area contributed by atoms with Gasteiger partial charge in [-0.3, -0.25) is 0 Å². The van der Waals surface area contributed by atoms with E-state index < -0.39 is 23.1 Å². The molecule has 1 aromatic rings. The van der Waals surface area contributed by atoms with Crippen LogP contribution >= 0.6 is 46.4 Å². The highest BCUT2D eigenvalue weighted by atomic mass is 35.5. The monoisotopic (exact) mass is 342 g/mol. The lowest BCUT2D eigenvalue weighted by atomic mass is 10.1. The molecule has 0 aliphatic carbocycles. The zero-order chi connectivity index (χ0) is 14.7. The maximum absolute atomic E-state index is 11.8. The number of carbonyl (C=O) groups is 2. The lowest BCUT2D eigenvalue weighted by molar-refractivity contribution is 0.0537. The Morgan fingerprint density at radius 1 is 1.05 bits per heavy atom. The quantitative estimate of drug-likeness (QED) is 0.382. The summed E-state index contributed by atoms with van der Waals surface area (Å²) in [5, 5.41) is 7.91. The van der Waals surface area contributed by atoms with Crippen molar-refractivity contribution < 1.29 is 19.4 Å². The van der Waals surface area contributed by atoms with Crippen LogP contribution in [0.3, 0.4) is 0 Å². The Morgan fingerprint density at radius 2 is 1.53 bits per heavy atom. The fourth-order valence-corrected chi connectivity index (χ4v) is 2.24. The zero-order valence-electron chi connectivity index (χ0n) is 9.18. The van der Waals surface area contributed by atoms with E-state index >= 15 is 0 Å². The molecule has 0 bridgehead atoms. The summed E-state index contributed by atoms with van der Waals surface area (Å²) in [5.41, 5.74) is -1.01. The predicted molar refractivity (Wildman–Crippen MR) is 73.9 cm³/mol. The van der Waals surface area contributed by atoms with Crippen molar-refractivity contribution >= 4 is 58.3 Å². The topological polar surface area (TPSA) is 63.6 Å². The van der Waals surface area contributed by atoms with Crippen LogP contribution in [0.25, 0.3) is 0 Å². The van der Waals surface area contributed by atoms with E-state index in [0.717, 1.165) is 0 Å². The number of benzene rings is 1. The van der Waals surface area contributed by atoms with Crippen LogP contribution in [0.1, 0.15) is 20.7 Å². The Hall–Kier alpha value is -0.940. The summed E-state index contributed by atoms with van der Waals surface area (Å²) in [5.74, 6) is -2.46. The first kappa shape index (κ1) is 16.1. The SMILES string of the molecule is C=CCOC(=O)c1c(Cl)c(Cl)c(Cl)c(Cl)c1C(=O)O. The number of carbonyl (C=O) groups excluding carboxylic acids is 1. The summed E-state index contributed by atoms with van der Waals surface area (Å²) in [6.07, 6.45) is 1.31. The molecule has 0 atom stereocenters. The van der Waals surface area contributed by atoms with Gasteiger partial charge in [0.15, 0.2) is 0 Å². The molecule has 0 spiro atoms. The summed E-state index contributed by atoms with van der Waals surface area (Å²) in [6.45, 7) is 3.24. The average Bonchev–Trinajstić information content (AvgIpc) is 2.36. The molecule has 1 rings (SSSR count). The van der Waals surface area contributed by atoms with E-state index in [1.165, 1.54) is 6.08 Å². The lowest BCUT2D eigenvalue weighted by Crippen LogP contribution is -2.14. The number of carboxylic acids is 1. The summed E-state index contributed by atoms with van der Waals surface area (Å²) >= 11 is 23.1. The smallest absolute Gasteiger partial charge is 0.340 e. The van der Waals surface area contributed by atoms with Crippen LogP contribution in [0.15, 0.2) is 12.7 Å². The van der Waals surface area contributed by atoms with Crippen LogP contribution in [0.4, 0.5) is 0 Å². The molecule has 0 aliphatic heterocycles. The van der Waals surface area contributed by atoms with E-state index in [2.05, 4.69) is 6.58 Å². The molecule has 0 saturated heterocycles. The molecule has 102 valence electrons. The highest BCUT2D eigenvalue weighted by molar-refractivity contribution is 6.54. The highest BCUT2D eigenvalue weighted by Gasteiger charge is 2.29. The van der Waals surface area contributed by atoms with Crippen LogP contribution in [-0.2, 0) is 4.74 Å². The molecule has 0 aromatic heterocycles. The average molecular weight is 344 g/mol. The van der Waals surface area contributed by atoms with Crippen LogP contribution in [0.2, 0.25) is 20.1 Å². The van der Waals surface area contributed by atoms with Crippen molar-refractivity contribution in [3.63, 3.8) is 0 Å². The molecular formula is C11H6Cl4O4. The zero-order valence-corrected chi connectivity index (χ0v) is 12.2. The third-order valence-electron chi connectivity index (χ3n) is 2.02. The van der Waals surface area contributed by atoms with Gasteiger partial charge in [0.2, 0.25) is 0 Å². The minimum atomic E-state index is -1.48. The van der Waals surface area contributed by atoms with E-state index in [1.54, 1.807) is 0 Å². The van der Waals surface area contributed by atoms with E-state index in [0.29, 0.717) is 0 Å². The van der Waals surface area contributed by atoms with Crippen LogP contribution in [-0.4, -0.2) is 23.7 Å². The van der Waals surface area contributed by atoms with Crippen molar-refractivity contribution in [2.24, 2.45) is 0 Å². The van der Waals surface area contributed by atoms with Crippen molar-refractivity contribution in [1.29, 1.82) is 0 Å². The Morgan fingerprint density at radius 3 is 1.95 bits per heavy atom. The van der Waals surface area contributed by atoms with E-state index in [-0.39, 0.29) is 26.7 Å². The summed E-state index contributed by atoms with van der Waals surface area (Å²) < 4.78 is 4.73. The maximum Gasteiger partial charge on any atom is 0.340 e. The second-order valence-electron chi connectivity index (χ2n) is 3.20. The lowest BCUT2D eigenvalue weighted by Gasteiger charge is -2.12. The third kappa shape index (κ3) is 3.15. The van der Waals surface area contributed by atoms with Crippen molar-refractivity contribution in [2.75, 3.05) is 6.61 Å². The molecule has 0 heterocycles. The molecule has 0 radical (unpaired) electrons. The van der Waals surface area contributed by atoms with Crippen molar-refractivity contribution in [3.8, 4) is 0 Å². The molecular weight excluding hydrogens is 338 g/mol. The number of hydrogen-bond acceptors (Lipinski definition) is 3. The molecule has 1 N–H and O–H groups in total. The first-order valence-corrected chi connectivity index (χ1v) is 6.21. The number of carboxylic acid groups (broad SMARTS) is 1. The molecule has 4 nitrogen and oxygen atoms in total. The van der Waals surface area contributed by atoms with Crippen molar-refractivity contribution in [2.45, 2.75) is 0 Å². The largest absolute Gasteiger partial charge is 0.478 e. The Labute approximate surface area is 128 Å². The van der Waals surface area contributed by atoms with Gasteiger partial charge in [-0.2, -0.15) is 0 Å². The Bertz CT molecular complexity index is 569. The van der Waals surface area contributed by atoms with Gasteiger partial charge in [0.1, 0.15) is 6.61 Å². The van der Waals surface area contributed by atoms with Gasteiger partial charge in [-0.05, 0) is 0 Å². The molecule has 0 fully saturated rings. The summed E-state index contributed by atoms with van der Waals surface area (Å²) in [7, 11) is 0. The molecule has 1 aromatic carbocycles. The Kier molecular flexibility index (Phi) is 5.50. The van der Waals surface area contributed by atoms with Gasteiger partial charge < -0.3 is 9.84 Å². The molecule has 8 heteroatoms. The van der Waals surface area contributed by atoms with E-state index in [9.17, 15) is 9.59 Å². The van der Waals surface area contributed by atoms with Gasteiger partial charge >= 0.3 is 11.9 Å². The number of halogens is 4. The fourth-order valence-electron chi connectivity index (χ4n) is 1.23. The van der Waals surface area contributed by atoms with E-state index in [1.807, 2.05) is 0 Å². The fraction of sp³-hybridized carbons (Fsp3) is 0.0909. The molecule has 0 aliphatic rings. The second kappa shape index (κ2) is 6.48. The third-order valence-corrected chi connectivity index (χ3v) is 3.82. The minimum Gasteiger partial charge on any atom is -0.478 e. The van der Waals surface area contributed by atoms with Crippen molar-refractivity contribution in [1.82, 2.24) is 0 Å².